The van der Waals surface area contributed by atoms with Gasteiger partial charge < -0.3 is 5.32 Å². The molecule has 1 N–H and O–H groups in total. The number of hydrogen-bond donors (Lipinski definition) is 1. The third-order valence-corrected chi connectivity index (χ3v) is 3.15. The smallest absolute Gasteiger partial charge is 0.0113 e. The van der Waals surface area contributed by atoms with Crippen molar-refractivity contribution in [2.45, 2.75) is 32.6 Å². The molecule has 0 fully saturated rings. The summed E-state index contributed by atoms with van der Waals surface area (Å²) in [6.07, 6.45) is 4.58. The van der Waals surface area contributed by atoms with Crippen LogP contribution in [0.3, 0.4) is 0 Å². The molecular weight excluding hydrogens is 182 g/mol. The van der Waals surface area contributed by atoms with Gasteiger partial charge in [-0.05, 0) is 41.5 Å². The lowest BCUT2D eigenvalue weighted by molar-refractivity contribution is 0.818. The summed E-state index contributed by atoms with van der Waals surface area (Å²) in [5, 5.41) is 3.24. The molecule has 0 radical (unpaired) electrons. The highest BCUT2D eigenvalue weighted by molar-refractivity contribution is 5.59. The van der Waals surface area contributed by atoms with Gasteiger partial charge in [-0.2, -0.15) is 0 Å². The molecule has 1 aromatic rings. The maximum atomic E-state index is 3.24. The van der Waals surface area contributed by atoms with Gasteiger partial charge in [0.15, 0.2) is 0 Å². The van der Waals surface area contributed by atoms with Crippen molar-refractivity contribution in [3.8, 4) is 0 Å². The monoisotopic (exact) mass is 201 g/mol. The molecule has 15 heavy (non-hydrogen) atoms. The zero-order valence-corrected chi connectivity index (χ0v) is 9.80. The van der Waals surface area contributed by atoms with Gasteiger partial charge in [-0.25, -0.2) is 0 Å². The number of allylic oxidation sites excluding steroid dienone is 1. The van der Waals surface area contributed by atoms with Crippen LogP contribution in [0.25, 0.3) is 6.08 Å². The van der Waals surface area contributed by atoms with E-state index in [0.717, 1.165) is 6.42 Å². The summed E-state index contributed by atoms with van der Waals surface area (Å²) in [5.41, 5.74) is 5.69. The SMILES string of the molecule is CNC1=Cc2ccc(C(C)C)cc2CC1. The molecule has 0 aliphatic heterocycles. The molecule has 80 valence electrons. The van der Waals surface area contributed by atoms with Crippen LogP contribution < -0.4 is 5.32 Å². The second-order valence-corrected chi connectivity index (χ2v) is 4.53. The molecule has 1 aliphatic rings. The number of rotatable bonds is 2. The quantitative estimate of drug-likeness (QED) is 0.774. The molecule has 0 heterocycles. The fourth-order valence-corrected chi connectivity index (χ4v) is 2.07. The summed E-state index contributed by atoms with van der Waals surface area (Å²) in [6.45, 7) is 4.50. The molecule has 0 saturated heterocycles. The predicted molar refractivity (Wildman–Crippen MR) is 65.9 cm³/mol. The van der Waals surface area contributed by atoms with E-state index in [0.29, 0.717) is 5.92 Å². The first-order chi connectivity index (χ1) is 7.20. The maximum Gasteiger partial charge on any atom is 0.0113 e. The van der Waals surface area contributed by atoms with Crippen molar-refractivity contribution in [1.29, 1.82) is 0 Å². The van der Waals surface area contributed by atoms with Crippen molar-refractivity contribution in [3.63, 3.8) is 0 Å². The zero-order chi connectivity index (χ0) is 10.8. The Labute approximate surface area is 92.2 Å². The van der Waals surface area contributed by atoms with Gasteiger partial charge >= 0.3 is 0 Å². The molecule has 0 saturated carbocycles. The summed E-state index contributed by atoms with van der Waals surface area (Å²) < 4.78 is 0. The standard InChI is InChI=1S/C14H19N/c1-10(2)11-4-5-13-9-14(15-3)7-6-12(13)8-11/h4-5,8-10,15H,6-7H2,1-3H3. The summed E-state index contributed by atoms with van der Waals surface area (Å²) in [5.74, 6) is 0.630. The van der Waals surface area contributed by atoms with E-state index in [4.69, 9.17) is 0 Å². The Kier molecular flexibility index (Phi) is 2.81. The van der Waals surface area contributed by atoms with Crippen LogP contribution in [-0.2, 0) is 6.42 Å². The van der Waals surface area contributed by atoms with Gasteiger partial charge in [-0.1, -0.05) is 32.0 Å². The van der Waals surface area contributed by atoms with Crippen LogP contribution in [0, 0.1) is 0 Å². The number of fused-ring (bicyclic) bond motifs is 1. The Bertz CT molecular complexity index is 388. The first-order valence-corrected chi connectivity index (χ1v) is 5.72. The molecule has 0 aromatic heterocycles. The third kappa shape index (κ3) is 2.06. The van der Waals surface area contributed by atoms with Crippen LogP contribution in [0.5, 0.6) is 0 Å². The average molecular weight is 201 g/mol. The number of benzene rings is 1. The van der Waals surface area contributed by atoms with Crippen LogP contribution in [0.1, 0.15) is 42.9 Å². The predicted octanol–water partition coefficient (Wildman–Crippen LogP) is 3.32. The molecule has 0 atom stereocenters. The van der Waals surface area contributed by atoms with E-state index in [-0.39, 0.29) is 0 Å². The molecule has 0 spiro atoms. The minimum atomic E-state index is 0.630. The van der Waals surface area contributed by atoms with Crippen LogP contribution in [0.15, 0.2) is 23.9 Å². The molecule has 2 rings (SSSR count). The highest BCUT2D eigenvalue weighted by atomic mass is 14.8. The van der Waals surface area contributed by atoms with Gasteiger partial charge in [-0.3, -0.25) is 0 Å². The summed E-state index contributed by atoms with van der Waals surface area (Å²) in [7, 11) is 2.00. The Morgan fingerprint density at radius 3 is 2.67 bits per heavy atom. The fraction of sp³-hybridized carbons (Fsp3) is 0.429. The van der Waals surface area contributed by atoms with E-state index in [1.54, 1.807) is 0 Å². The summed E-state index contributed by atoms with van der Waals surface area (Å²) in [4.78, 5) is 0. The van der Waals surface area contributed by atoms with Crippen LogP contribution in [0.2, 0.25) is 0 Å². The van der Waals surface area contributed by atoms with Crippen LogP contribution >= 0.6 is 0 Å². The zero-order valence-electron chi connectivity index (χ0n) is 9.80. The van der Waals surface area contributed by atoms with Crippen molar-refractivity contribution in [3.05, 3.63) is 40.6 Å². The molecule has 0 bridgehead atoms. The Balaban J connectivity index is 2.36. The summed E-state index contributed by atoms with van der Waals surface area (Å²) >= 11 is 0. The highest BCUT2D eigenvalue weighted by Crippen LogP contribution is 2.26. The fourth-order valence-electron chi connectivity index (χ4n) is 2.07. The minimum Gasteiger partial charge on any atom is -0.391 e. The molecule has 0 unspecified atom stereocenters. The van der Waals surface area contributed by atoms with Gasteiger partial charge in [-0.15, -0.1) is 0 Å². The van der Waals surface area contributed by atoms with Crippen molar-refractivity contribution in [1.82, 2.24) is 5.32 Å². The lowest BCUT2D eigenvalue weighted by atomic mass is 9.91. The van der Waals surface area contributed by atoms with E-state index in [2.05, 4.69) is 43.4 Å². The molecular formula is C14H19N. The second-order valence-electron chi connectivity index (χ2n) is 4.53. The van der Waals surface area contributed by atoms with Crippen molar-refractivity contribution < 1.29 is 0 Å². The number of nitrogens with one attached hydrogen (secondary N) is 1. The van der Waals surface area contributed by atoms with Gasteiger partial charge in [0.25, 0.3) is 0 Å². The first-order valence-electron chi connectivity index (χ1n) is 5.72. The Hall–Kier alpha value is -1.24. The van der Waals surface area contributed by atoms with E-state index < -0.39 is 0 Å². The Morgan fingerprint density at radius 2 is 2.00 bits per heavy atom. The van der Waals surface area contributed by atoms with Gasteiger partial charge in [0.2, 0.25) is 0 Å². The number of hydrogen-bond acceptors (Lipinski definition) is 1. The lowest BCUT2D eigenvalue weighted by Gasteiger charge is -2.18. The Morgan fingerprint density at radius 1 is 1.20 bits per heavy atom. The summed E-state index contributed by atoms with van der Waals surface area (Å²) in [6, 6.07) is 6.86. The van der Waals surface area contributed by atoms with Crippen LogP contribution in [-0.4, -0.2) is 7.05 Å². The maximum absolute atomic E-state index is 3.24. The molecule has 1 aromatic carbocycles. The first kappa shape index (κ1) is 10.3. The van der Waals surface area contributed by atoms with Gasteiger partial charge in [0, 0.05) is 12.7 Å². The average Bonchev–Trinajstić information content (AvgIpc) is 2.27. The molecule has 1 nitrogen and oxygen atoms in total. The van der Waals surface area contributed by atoms with Crippen LogP contribution in [0.4, 0.5) is 0 Å². The third-order valence-electron chi connectivity index (χ3n) is 3.15. The lowest BCUT2D eigenvalue weighted by Crippen LogP contribution is -2.11. The number of aryl methyl sites for hydroxylation is 1. The van der Waals surface area contributed by atoms with Crippen molar-refractivity contribution >= 4 is 6.08 Å². The van der Waals surface area contributed by atoms with Gasteiger partial charge in [0.1, 0.15) is 0 Å². The normalized spacial score (nSPS) is 14.8. The topological polar surface area (TPSA) is 12.0 Å². The molecule has 1 aliphatic carbocycles. The highest BCUT2D eigenvalue weighted by Gasteiger charge is 2.10. The minimum absolute atomic E-state index is 0.630. The van der Waals surface area contributed by atoms with E-state index >= 15 is 0 Å². The molecule has 0 amide bonds. The molecule has 1 heteroatoms. The van der Waals surface area contributed by atoms with Crippen molar-refractivity contribution in [2.24, 2.45) is 0 Å². The second kappa shape index (κ2) is 4.09. The largest absolute Gasteiger partial charge is 0.391 e. The van der Waals surface area contributed by atoms with E-state index in [1.807, 2.05) is 7.05 Å². The van der Waals surface area contributed by atoms with Gasteiger partial charge in [0.05, 0.1) is 0 Å². The van der Waals surface area contributed by atoms with Crippen molar-refractivity contribution in [2.75, 3.05) is 7.05 Å². The van der Waals surface area contributed by atoms with E-state index in [1.165, 1.54) is 28.8 Å². The van der Waals surface area contributed by atoms with E-state index in [9.17, 15) is 0 Å².